The summed E-state index contributed by atoms with van der Waals surface area (Å²) in [6, 6.07) is 1.46. The smallest absolute Gasteiger partial charge is 0.00790 e. The molecule has 1 fully saturated rings. The second-order valence-corrected chi connectivity index (χ2v) is 5.38. The molecule has 1 N–H and O–H groups in total. The number of nitrogens with zero attached hydrogens (tertiary/aromatic N) is 1. The third-order valence-corrected chi connectivity index (χ3v) is 3.79. The predicted molar refractivity (Wildman–Crippen MR) is 71.9 cm³/mol. The normalized spacial score (nSPS) is 21.9. The van der Waals surface area contributed by atoms with E-state index in [1.165, 1.54) is 58.2 Å². The summed E-state index contributed by atoms with van der Waals surface area (Å²) >= 11 is 0. The van der Waals surface area contributed by atoms with Crippen LogP contribution in [0.25, 0.3) is 0 Å². The van der Waals surface area contributed by atoms with E-state index in [0.717, 1.165) is 6.04 Å². The Balaban J connectivity index is 2.07. The van der Waals surface area contributed by atoms with E-state index in [-0.39, 0.29) is 0 Å². The van der Waals surface area contributed by atoms with Crippen molar-refractivity contribution < 1.29 is 0 Å². The van der Waals surface area contributed by atoms with Gasteiger partial charge < -0.3 is 10.2 Å². The van der Waals surface area contributed by atoms with Gasteiger partial charge in [0.05, 0.1) is 0 Å². The van der Waals surface area contributed by atoms with Crippen LogP contribution < -0.4 is 5.32 Å². The minimum absolute atomic E-state index is 0.693. The van der Waals surface area contributed by atoms with Crippen LogP contribution in [0.2, 0.25) is 0 Å². The molecule has 0 aromatic rings. The van der Waals surface area contributed by atoms with E-state index in [0.29, 0.717) is 6.04 Å². The van der Waals surface area contributed by atoms with Gasteiger partial charge in [-0.2, -0.15) is 0 Å². The number of likely N-dealkylation sites (tertiary alicyclic amines) is 1. The molecule has 2 atom stereocenters. The van der Waals surface area contributed by atoms with Gasteiger partial charge in [-0.3, -0.25) is 0 Å². The van der Waals surface area contributed by atoms with Gasteiger partial charge in [-0.1, -0.05) is 19.8 Å². The van der Waals surface area contributed by atoms with E-state index >= 15 is 0 Å². The van der Waals surface area contributed by atoms with Crippen LogP contribution in [0.5, 0.6) is 0 Å². The van der Waals surface area contributed by atoms with E-state index in [2.05, 4.69) is 31.0 Å². The third-order valence-electron chi connectivity index (χ3n) is 3.79. The summed E-state index contributed by atoms with van der Waals surface area (Å²) in [5, 5.41) is 3.63. The zero-order valence-electron chi connectivity index (χ0n) is 11.5. The van der Waals surface area contributed by atoms with Crippen LogP contribution in [-0.2, 0) is 0 Å². The van der Waals surface area contributed by atoms with Crippen molar-refractivity contribution in [1.82, 2.24) is 10.2 Å². The standard InChI is InChI=1S/C14H30N2/c1-4-8-13(2)15-10-9-14(3)16-11-6-5-7-12-16/h13-15H,4-12H2,1-3H3. The zero-order chi connectivity index (χ0) is 11.8. The molecule has 1 aliphatic heterocycles. The van der Waals surface area contributed by atoms with Crippen molar-refractivity contribution >= 4 is 0 Å². The molecule has 1 saturated heterocycles. The number of hydrogen-bond acceptors (Lipinski definition) is 2. The predicted octanol–water partition coefficient (Wildman–Crippen LogP) is 3.03. The van der Waals surface area contributed by atoms with Gasteiger partial charge in [0, 0.05) is 12.1 Å². The second kappa shape index (κ2) is 8.08. The molecule has 0 saturated carbocycles. The van der Waals surface area contributed by atoms with Crippen molar-refractivity contribution in [3.8, 4) is 0 Å². The molecule has 0 radical (unpaired) electrons. The summed E-state index contributed by atoms with van der Waals surface area (Å²) in [6.07, 6.45) is 8.14. The van der Waals surface area contributed by atoms with Crippen molar-refractivity contribution in [1.29, 1.82) is 0 Å². The van der Waals surface area contributed by atoms with E-state index in [1.54, 1.807) is 0 Å². The lowest BCUT2D eigenvalue weighted by Crippen LogP contribution is -2.39. The monoisotopic (exact) mass is 226 g/mol. The molecule has 0 bridgehead atoms. The van der Waals surface area contributed by atoms with Crippen LogP contribution in [-0.4, -0.2) is 36.6 Å². The average molecular weight is 226 g/mol. The molecule has 0 aliphatic carbocycles. The van der Waals surface area contributed by atoms with Crippen LogP contribution in [0.3, 0.4) is 0 Å². The molecule has 2 unspecified atom stereocenters. The Hall–Kier alpha value is -0.0800. The molecule has 2 heteroatoms. The van der Waals surface area contributed by atoms with Crippen molar-refractivity contribution in [3.05, 3.63) is 0 Å². The first-order valence-electron chi connectivity index (χ1n) is 7.21. The van der Waals surface area contributed by atoms with E-state index < -0.39 is 0 Å². The molecule has 2 nitrogen and oxygen atoms in total. The molecule has 0 aromatic carbocycles. The fourth-order valence-electron chi connectivity index (χ4n) is 2.62. The van der Waals surface area contributed by atoms with Gasteiger partial charge in [0.1, 0.15) is 0 Å². The summed E-state index contributed by atoms with van der Waals surface area (Å²) in [5.41, 5.74) is 0. The first kappa shape index (κ1) is 14.0. The molecule has 1 aliphatic rings. The summed E-state index contributed by atoms with van der Waals surface area (Å²) in [6.45, 7) is 10.8. The number of rotatable bonds is 7. The Morgan fingerprint density at radius 2 is 1.75 bits per heavy atom. The lowest BCUT2D eigenvalue weighted by atomic mass is 10.1. The Labute approximate surface area is 102 Å². The summed E-state index contributed by atoms with van der Waals surface area (Å²) < 4.78 is 0. The maximum Gasteiger partial charge on any atom is 0.00790 e. The lowest BCUT2D eigenvalue weighted by molar-refractivity contribution is 0.165. The maximum atomic E-state index is 3.63. The summed E-state index contributed by atoms with van der Waals surface area (Å²) in [4.78, 5) is 2.66. The second-order valence-electron chi connectivity index (χ2n) is 5.38. The Bertz CT molecular complexity index is 164. The molecule has 1 heterocycles. The van der Waals surface area contributed by atoms with Crippen molar-refractivity contribution in [2.75, 3.05) is 19.6 Å². The quantitative estimate of drug-likeness (QED) is 0.718. The molecule has 96 valence electrons. The number of hydrogen-bond donors (Lipinski definition) is 1. The van der Waals surface area contributed by atoms with Crippen molar-refractivity contribution in [2.24, 2.45) is 0 Å². The highest BCUT2D eigenvalue weighted by Gasteiger charge is 2.16. The summed E-state index contributed by atoms with van der Waals surface area (Å²) in [7, 11) is 0. The lowest BCUT2D eigenvalue weighted by Gasteiger charge is -2.32. The minimum atomic E-state index is 0.693. The van der Waals surface area contributed by atoms with Gasteiger partial charge >= 0.3 is 0 Å². The molecule has 1 rings (SSSR count). The van der Waals surface area contributed by atoms with Gasteiger partial charge in [0.2, 0.25) is 0 Å². The fourth-order valence-corrected chi connectivity index (χ4v) is 2.62. The van der Waals surface area contributed by atoms with Gasteiger partial charge in [-0.15, -0.1) is 0 Å². The molecule has 16 heavy (non-hydrogen) atoms. The Kier molecular flexibility index (Phi) is 7.06. The van der Waals surface area contributed by atoms with Gasteiger partial charge in [-0.05, 0) is 59.2 Å². The van der Waals surface area contributed by atoms with E-state index in [1.807, 2.05) is 0 Å². The number of piperidine rings is 1. The fraction of sp³-hybridized carbons (Fsp3) is 1.00. The first-order valence-corrected chi connectivity index (χ1v) is 7.21. The van der Waals surface area contributed by atoms with Gasteiger partial charge in [0.25, 0.3) is 0 Å². The third kappa shape index (κ3) is 5.31. The topological polar surface area (TPSA) is 15.3 Å². The molecular weight excluding hydrogens is 196 g/mol. The SMILES string of the molecule is CCCC(C)NCCC(C)N1CCCCC1. The van der Waals surface area contributed by atoms with Crippen molar-refractivity contribution in [2.45, 2.75) is 71.4 Å². The maximum absolute atomic E-state index is 3.63. The molecule has 0 amide bonds. The largest absolute Gasteiger partial charge is 0.314 e. The van der Waals surface area contributed by atoms with Crippen LogP contribution in [0.1, 0.15) is 59.3 Å². The zero-order valence-corrected chi connectivity index (χ0v) is 11.5. The Morgan fingerprint density at radius 1 is 1.06 bits per heavy atom. The highest BCUT2D eigenvalue weighted by Crippen LogP contribution is 2.13. The molecular formula is C14H30N2. The van der Waals surface area contributed by atoms with E-state index in [9.17, 15) is 0 Å². The highest BCUT2D eigenvalue weighted by molar-refractivity contribution is 4.72. The van der Waals surface area contributed by atoms with Crippen LogP contribution in [0.4, 0.5) is 0 Å². The van der Waals surface area contributed by atoms with Crippen LogP contribution in [0, 0.1) is 0 Å². The number of nitrogens with one attached hydrogen (secondary N) is 1. The molecule has 0 spiro atoms. The summed E-state index contributed by atoms with van der Waals surface area (Å²) in [5.74, 6) is 0. The first-order chi connectivity index (χ1) is 7.74. The molecule has 0 aromatic heterocycles. The van der Waals surface area contributed by atoms with Gasteiger partial charge in [-0.25, -0.2) is 0 Å². The van der Waals surface area contributed by atoms with E-state index in [4.69, 9.17) is 0 Å². The highest BCUT2D eigenvalue weighted by atomic mass is 15.2. The minimum Gasteiger partial charge on any atom is -0.314 e. The van der Waals surface area contributed by atoms with Crippen molar-refractivity contribution in [3.63, 3.8) is 0 Å². The van der Waals surface area contributed by atoms with Crippen LogP contribution >= 0.6 is 0 Å². The Morgan fingerprint density at radius 3 is 2.38 bits per heavy atom. The van der Waals surface area contributed by atoms with Gasteiger partial charge in [0.15, 0.2) is 0 Å². The van der Waals surface area contributed by atoms with Crippen LogP contribution in [0.15, 0.2) is 0 Å². The average Bonchev–Trinajstić information content (AvgIpc) is 2.30.